The molecular weight excluding hydrogens is 160 g/mol. The summed E-state index contributed by atoms with van der Waals surface area (Å²) >= 11 is 0. The first-order chi connectivity index (χ1) is 6.24. The van der Waals surface area contributed by atoms with Crippen LogP contribution in [0.1, 0.15) is 0 Å². The molecule has 0 heterocycles. The van der Waals surface area contributed by atoms with Crippen molar-refractivity contribution in [3.05, 3.63) is 48.5 Å². The van der Waals surface area contributed by atoms with Gasteiger partial charge in [-0.15, -0.1) is 0 Å². The molecule has 0 atom stereocenters. The van der Waals surface area contributed by atoms with Crippen LogP contribution in [0.2, 0.25) is 0 Å². The van der Waals surface area contributed by atoms with E-state index in [1.54, 1.807) is 0 Å². The summed E-state index contributed by atoms with van der Waals surface area (Å²) in [6, 6.07) is 9.96. The molecule has 0 aliphatic rings. The Bertz CT molecular complexity index is 308. The van der Waals surface area contributed by atoms with Crippen molar-refractivity contribution in [2.24, 2.45) is 0 Å². The normalized spacial score (nSPS) is 8.77. The number of nitrogens with zero attached hydrogens (tertiary/aromatic N) is 1. The van der Waals surface area contributed by atoms with Gasteiger partial charge in [-0.1, -0.05) is 30.5 Å². The van der Waals surface area contributed by atoms with Gasteiger partial charge in [0.1, 0.15) is 5.82 Å². The molecule has 0 radical (unpaired) electrons. The highest BCUT2D eigenvalue weighted by atomic mass is 15.2. The van der Waals surface area contributed by atoms with Crippen LogP contribution in [0.4, 0.5) is 5.69 Å². The molecule has 0 saturated heterocycles. The summed E-state index contributed by atoms with van der Waals surface area (Å²) in [5.74, 6) is 0.867. The average Bonchev–Trinajstić information content (AvgIpc) is 2.15. The van der Waals surface area contributed by atoms with Crippen LogP contribution in [0.5, 0.6) is 0 Å². The van der Waals surface area contributed by atoms with Crippen molar-refractivity contribution in [2.45, 2.75) is 0 Å². The van der Waals surface area contributed by atoms with Gasteiger partial charge in [-0.3, -0.25) is 0 Å². The standard InChI is InChI=1S/C11H14N2/c1-4-11(13(2)3)12-10-8-6-5-7-9-10/h5-9,12H,1H2,2-3H3. The van der Waals surface area contributed by atoms with Crippen molar-refractivity contribution in [1.82, 2.24) is 4.90 Å². The second kappa shape index (κ2) is 4.39. The summed E-state index contributed by atoms with van der Waals surface area (Å²) in [6.07, 6.45) is 0. The third-order valence-corrected chi connectivity index (χ3v) is 1.65. The van der Waals surface area contributed by atoms with E-state index in [-0.39, 0.29) is 0 Å². The van der Waals surface area contributed by atoms with Crippen LogP contribution in [-0.4, -0.2) is 19.0 Å². The molecule has 2 heteroatoms. The third-order valence-electron chi connectivity index (χ3n) is 1.65. The van der Waals surface area contributed by atoms with Crippen LogP contribution < -0.4 is 5.32 Å². The van der Waals surface area contributed by atoms with E-state index in [1.165, 1.54) is 0 Å². The average molecular weight is 174 g/mol. The Morgan fingerprint density at radius 3 is 2.38 bits per heavy atom. The lowest BCUT2D eigenvalue weighted by molar-refractivity contribution is 0.520. The molecule has 13 heavy (non-hydrogen) atoms. The molecule has 0 bridgehead atoms. The maximum Gasteiger partial charge on any atom is 0.150 e. The van der Waals surface area contributed by atoms with Crippen LogP contribution >= 0.6 is 0 Å². The maximum absolute atomic E-state index is 3.61. The predicted octanol–water partition coefficient (Wildman–Crippen LogP) is 2.29. The number of hydrogen-bond acceptors (Lipinski definition) is 2. The molecule has 1 N–H and O–H groups in total. The van der Waals surface area contributed by atoms with Crippen molar-refractivity contribution in [2.75, 3.05) is 19.4 Å². The molecule has 68 valence electrons. The monoisotopic (exact) mass is 174 g/mol. The van der Waals surface area contributed by atoms with E-state index in [9.17, 15) is 0 Å². The van der Waals surface area contributed by atoms with Gasteiger partial charge in [0.25, 0.3) is 0 Å². The van der Waals surface area contributed by atoms with Gasteiger partial charge in [0.2, 0.25) is 0 Å². The lowest BCUT2D eigenvalue weighted by Crippen LogP contribution is -2.17. The third kappa shape index (κ3) is 2.69. The number of benzene rings is 1. The molecule has 0 saturated carbocycles. The van der Waals surface area contributed by atoms with E-state index in [4.69, 9.17) is 0 Å². The minimum Gasteiger partial charge on any atom is -0.358 e. The van der Waals surface area contributed by atoms with Crippen LogP contribution in [0.15, 0.2) is 48.5 Å². The Balaban J connectivity index is 2.75. The lowest BCUT2D eigenvalue weighted by Gasteiger charge is -2.16. The van der Waals surface area contributed by atoms with Gasteiger partial charge in [-0.25, -0.2) is 0 Å². The van der Waals surface area contributed by atoms with Crippen LogP contribution in [0.25, 0.3) is 0 Å². The predicted molar refractivity (Wildman–Crippen MR) is 56.4 cm³/mol. The number of nitrogens with one attached hydrogen (secondary N) is 1. The smallest absolute Gasteiger partial charge is 0.150 e. The van der Waals surface area contributed by atoms with E-state index < -0.39 is 0 Å². The van der Waals surface area contributed by atoms with E-state index in [0.717, 1.165) is 11.5 Å². The molecule has 1 aromatic rings. The molecule has 1 rings (SSSR count). The topological polar surface area (TPSA) is 15.3 Å². The summed E-state index contributed by atoms with van der Waals surface area (Å²) in [6.45, 7) is 3.61. The largest absolute Gasteiger partial charge is 0.358 e. The minimum atomic E-state index is 0.867. The van der Waals surface area contributed by atoms with E-state index in [2.05, 4.69) is 17.6 Å². The fourth-order valence-corrected chi connectivity index (χ4v) is 0.972. The van der Waals surface area contributed by atoms with E-state index >= 15 is 0 Å². The molecule has 2 nitrogen and oxygen atoms in total. The Morgan fingerprint density at radius 1 is 1.31 bits per heavy atom. The highest BCUT2D eigenvalue weighted by Gasteiger charge is 1.96. The molecule has 0 aliphatic heterocycles. The second-order valence-corrected chi connectivity index (χ2v) is 2.91. The first-order valence-corrected chi connectivity index (χ1v) is 4.13. The van der Waals surface area contributed by atoms with Crippen molar-refractivity contribution in [3.63, 3.8) is 0 Å². The highest BCUT2D eigenvalue weighted by Crippen LogP contribution is 2.08. The van der Waals surface area contributed by atoms with E-state index in [1.807, 2.05) is 49.3 Å². The quantitative estimate of drug-likeness (QED) is 0.707. The van der Waals surface area contributed by atoms with Crippen molar-refractivity contribution >= 4 is 5.69 Å². The zero-order valence-electron chi connectivity index (χ0n) is 8.04. The first-order valence-electron chi connectivity index (χ1n) is 4.13. The molecule has 0 unspecified atom stereocenters. The summed E-state index contributed by atoms with van der Waals surface area (Å²) < 4.78 is 0. The molecule has 0 aliphatic carbocycles. The Kier molecular flexibility index (Phi) is 3.18. The number of hydrogen-bond donors (Lipinski definition) is 1. The van der Waals surface area contributed by atoms with E-state index in [0.29, 0.717) is 0 Å². The molecule has 0 aromatic heterocycles. The zero-order valence-corrected chi connectivity index (χ0v) is 8.04. The number of anilines is 1. The van der Waals surface area contributed by atoms with Gasteiger partial charge >= 0.3 is 0 Å². The summed E-state index contributed by atoms with van der Waals surface area (Å²) in [5.41, 5.74) is 3.88. The van der Waals surface area contributed by atoms with Gasteiger partial charge in [0.05, 0.1) is 0 Å². The highest BCUT2D eigenvalue weighted by molar-refractivity contribution is 5.47. The van der Waals surface area contributed by atoms with Crippen LogP contribution in [0, 0.1) is 0 Å². The van der Waals surface area contributed by atoms with Crippen molar-refractivity contribution in [3.8, 4) is 0 Å². The van der Waals surface area contributed by atoms with Gasteiger partial charge in [0.15, 0.2) is 0 Å². The lowest BCUT2D eigenvalue weighted by atomic mass is 10.3. The van der Waals surface area contributed by atoms with Gasteiger partial charge < -0.3 is 10.2 Å². The molecule has 0 spiro atoms. The van der Waals surface area contributed by atoms with Gasteiger partial charge in [-0.05, 0) is 12.1 Å². The van der Waals surface area contributed by atoms with Gasteiger partial charge in [-0.2, -0.15) is 0 Å². The Morgan fingerprint density at radius 2 is 1.92 bits per heavy atom. The molecule has 0 fully saturated rings. The van der Waals surface area contributed by atoms with Gasteiger partial charge in [0, 0.05) is 19.8 Å². The van der Waals surface area contributed by atoms with Crippen molar-refractivity contribution < 1.29 is 0 Å². The maximum atomic E-state index is 3.61. The SMILES string of the molecule is C=C=C(Nc1ccccc1)N(C)C. The van der Waals surface area contributed by atoms with Crippen LogP contribution in [0.3, 0.4) is 0 Å². The summed E-state index contributed by atoms with van der Waals surface area (Å²) in [7, 11) is 3.90. The van der Waals surface area contributed by atoms with Crippen LogP contribution in [-0.2, 0) is 0 Å². The summed E-state index contributed by atoms with van der Waals surface area (Å²) in [5, 5.41) is 3.20. The summed E-state index contributed by atoms with van der Waals surface area (Å²) in [4.78, 5) is 1.93. The second-order valence-electron chi connectivity index (χ2n) is 2.91. The zero-order chi connectivity index (χ0) is 9.68. The minimum absolute atomic E-state index is 0.867. The number of para-hydroxylation sites is 1. The first kappa shape index (κ1) is 9.43. The fraction of sp³-hybridized carbons (Fsp3) is 0.182. The molecule has 1 aromatic carbocycles. The Hall–Kier alpha value is -1.66. The molecule has 0 amide bonds. The Labute approximate surface area is 79.2 Å². The number of rotatable bonds is 3. The fourth-order valence-electron chi connectivity index (χ4n) is 0.972. The van der Waals surface area contributed by atoms with Crippen molar-refractivity contribution in [1.29, 1.82) is 0 Å². The molecular formula is C11H14N2.